The molecule has 132 valence electrons. The second-order valence-electron chi connectivity index (χ2n) is 6.52. The lowest BCUT2D eigenvalue weighted by Gasteiger charge is -2.33. The molecule has 0 radical (unpaired) electrons. The van der Waals surface area contributed by atoms with Crippen LogP contribution in [0.2, 0.25) is 0 Å². The Hall–Kier alpha value is -1.76. The summed E-state index contributed by atoms with van der Waals surface area (Å²) in [5, 5.41) is 3.59. The van der Waals surface area contributed by atoms with Gasteiger partial charge in [-0.15, -0.1) is 0 Å². The Balaban J connectivity index is 1.45. The number of amides is 1. The van der Waals surface area contributed by atoms with E-state index in [2.05, 4.69) is 40.0 Å². The third kappa shape index (κ3) is 5.11. The molecular formula is C20H24IN3O. The number of piperidine rings is 1. The van der Waals surface area contributed by atoms with Crippen molar-refractivity contribution in [3.05, 3.63) is 57.7 Å². The van der Waals surface area contributed by atoms with E-state index in [9.17, 15) is 4.79 Å². The molecule has 0 saturated carbocycles. The van der Waals surface area contributed by atoms with Crippen LogP contribution in [0.3, 0.4) is 0 Å². The fourth-order valence-corrected chi connectivity index (χ4v) is 3.89. The number of likely N-dealkylation sites (tertiary alicyclic amines) is 1. The summed E-state index contributed by atoms with van der Waals surface area (Å²) >= 11 is 2.31. The molecule has 3 N–H and O–H groups in total. The van der Waals surface area contributed by atoms with Crippen LogP contribution in [0.5, 0.6) is 0 Å². The zero-order valence-electron chi connectivity index (χ0n) is 14.2. The number of carbonyl (C=O) groups excluding carboxylic acids is 1. The third-order valence-corrected chi connectivity index (χ3v) is 5.56. The highest BCUT2D eigenvalue weighted by Crippen LogP contribution is 2.24. The van der Waals surface area contributed by atoms with Gasteiger partial charge in [0.1, 0.15) is 0 Å². The summed E-state index contributed by atoms with van der Waals surface area (Å²) in [5.41, 5.74) is 8.95. The van der Waals surface area contributed by atoms with E-state index < -0.39 is 0 Å². The van der Waals surface area contributed by atoms with Crippen molar-refractivity contribution in [3.8, 4) is 0 Å². The van der Waals surface area contributed by atoms with Gasteiger partial charge in [-0.1, -0.05) is 30.3 Å². The highest BCUT2D eigenvalue weighted by Gasteiger charge is 2.22. The first-order valence-corrected chi connectivity index (χ1v) is 9.83. The number of carbonyl (C=O) groups is 1. The van der Waals surface area contributed by atoms with E-state index >= 15 is 0 Å². The van der Waals surface area contributed by atoms with Crippen LogP contribution in [0, 0.1) is 3.57 Å². The van der Waals surface area contributed by atoms with Gasteiger partial charge < -0.3 is 16.0 Å². The number of halogens is 1. The Morgan fingerprint density at radius 2 is 1.88 bits per heavy atom. The highest BCUT2D eigenvalue weighted by molar-refractivity contribution is 14.1. The number of nitrogens with zero attached hydrogens (tertiary/aromatic N) is 1. The molecule has 4 nitrogen and oxygen atoms in total. The SMILES string of the molecule is Nc1ccc(NC2CCN(C(=O)CCc3ccccc3)CC2)c(I)c1. The molecule has 0 atom stereocenters. The fourth-order valence-electron chi connectivity index (χ4n) is 3.20. The maximum Gasteiger partial charge on any atom is 0.222 e. The van der Waals surface area contributed by atoms with E-state index in [-0.39, 0.29) is 5.91 Å². The van der Waals surface area contributed by atoms with Crippen molar-refractivity contribution in [3.63, 3.8) is 0 Å². The number of hydrogen-bond acceptors (Lipinski definition) is 3. The predicted octanol–water partition coefficient (Wildman–Crippen LogP) is 3.91. The van der Waals surface area contributed by atoms with Crippen molar-refractivity contribution in [1.29, 1.82) is 0 Å². The topological polar surface area (TPSA) is 58.4 Å². The summed E-state index contributed by atoms with van der Waals surface area (Å²) in [6, 6.07) is 16.6. The predicted molar refractivity (Wildman–Crippen MR) is 112 cm³/mol. The van der Waals surface area contributed by atoms with E-state index in [1.165, 1.54) is 5.56 Å². The molecule has 2 aromatic rings. The summed E-state index contributed by atoms with van der Waals surface area (Å²) in [6.07, 6.45) is 3.38. The maximum absolute atomic E-state index is 12.4. The number of rotatable bonds is 5. The molecule has 5 heteroatoms. The van der Waals surface area contributed by atoms with Gasteiger partial charge in [-0.25, -0.2) is 0 Å². The number of hydrogen-bond donors (Lipinski definition) is 2. The molecule has 0 aliphatic carbocycles. The van der Waals surface area contributed by atoms with E-state index in [0.29, 0.717) is 12.5 Å². The van der Waals surface area contributed by atoms with Crippen molar-refractivity contribution in [2.45, 2.75) is 31.7 Å². The number of nitrogens with two attached hydrogens (primary N) is 1. The molecule has 1 heterocycles. The molecule has 1 amide bonds. The summed E-state index contributed by atoms with van der Waals surface area (Å²) in [4.78, 5) is 14.4. The van der Waals surface area contributed by atoms with Crippen LogP contribution >= 0.6 is 22.6 Å². The summed E-state index contributed by atoms with van der Waals surface area (Å²) in [7, 11) is 0. The smallest absolute Gasteiger partial charge is 0.222 e. The number of anilines is 2. The molecule has 3 rings (SSSR count). The molecule has 1 fully saturated rings. The summed E-state index contributed by atoms with van der Waals surface area (Å²) in [6.45, 7) is 1.66. The van der Waals surface area contributed by atoms with Crippen LogP contribution in [0.15, 0.2) is 48.5 Å². The van der Waals surface area contributed by atoms with Gasteiger partial charge in [0.15, 0.2) is 0 Å². The summed E-state index contributed by atoms with van der Waals surface area (Å²) < 4.78 is 1.14. The average Bonchev–Trinajstić information content (AvgIpc) is 2.63. The Kier molecular flexibility index (Phi) is 6.18. The minimum absolute atomic E-state index is 0.268. The first kappa shape index (κ1) is 18.0. The van der Waals surface area contributed by atoms with Crippen LogP contribution in [-0.2, 0) is 11.2 Å². The van der Waals surface area contributed by atoms with Gasteiger partial charge in [0.2, 0.25) is 5.91 Å². The Labute approximate surface area is 162 Å². The number of nitrogens with one attached hydrogen (secondary N) is 1. The molecule has 0 unspecified atom stereocenters. The molecule has 0 spiro atoms. The molecule has 1 aliphatic heterocycles. The minimum Gasteiger partial charge on any atom is -0.399 e. The lowest BCUT2D eigenvalue weighted by atomic mass is 10.0. The Bertz CT molecular complexity index is 712. The van der Waals surface area contributed by atoms with Crippen LogP contribution in [0.1, 0.15) is 24.8 Å². The van der Waals surface area contributed by atoms with Crippen LogP contribution in [0.25, 0.3) is 0 Å². The van der Waals surface area contributed by atoms with Crippen LogP contribution in [-0.4, -0.2) is 29.9 Å². The second kappa shape index (κ2) is 8.56. The minimum atomic E-state index is 0.268. The molecular weight excluding hydrogens is 425 g/mol. The lowest BCUT2D eigenvalue weighted by molar-refractivity contribution is -0.132. The van der Waals surface area contributed by atoms with Crippen molar-refractivity contribution in [2.24, 2.45) is 0 Å². The van der Waals surface area contributed by atoms with Gasteiger partial charge >= 0.3 is 0 Å². The van der Waals surface area contributed by atoms with E-state index in [1.807, 2.05) is 41.3 Å². The van der Waals surface area contributed by atoms with Gasteiger partial charge in [0.25, 0.3) is 0 Å². The van der Waals surface area contributed by atoms with Gasteiger partial charge in [-0.05, 0) is 65.6 Å². The molecule has 25 heavy (non-hydrogen) atoms. The molecule has 0 bridgehead atoms. The first-order chi connectivity index (χ1) is 12.1. The van der Waals surface area contributed by atoms with Gasteiger partial charge in [-0.2, -0.15) is 0 Å². The molecule has 0 aromatic heterocycles. The van der Waals surface area contributed by atoms with Crippen molar-refractivity contribution in [2.75, 3.05) is 24.1 Å². The van der Waals surface area contributed by atoms with Crippen LogP contribution in [0.4, 0.5) is 11.4 Å². The number of nitrogen functional groups attached to an aromatic ring is 1. The maximum atomic E-state index is 12.4. The normalized spacial score (nSPS) is 15.2. The van der Waals surface area contributed by atoms with E-state index in [0.717, 1.165) is 47.3 Å². The van der Waals surface area contributed by atoms with E-state index in [4.69, 9.17) is 5.73 Å². The quantitative estimate of drug-likeness (QED) is 0.538. The van der Waals surface area contributed by atoms with Crippen molar-refractivity contribution in [1.82, 2.24) is 4.90 Å². The zero-order valence-corrected chi connectivity index (χ0v) is 16.4. The zero-order chi connectivity index (χ0) is 17.6. The molecule has 2 aromatic carbocycles. The third-order valence-electron chi connectivity index (χ3n) is 4.67. The largest absolute Gasteiger partial charge is 0.399 e. The van der Waals surface area contributed by atoms with Crippen molar-refractivity contribution < 1.29 is 4.79 Å². The Morgan fingerprint density at radius 1 is 1.16 bits per heavy atom. The molecule has 1 saturated heterocycles. The van der Waals surface area contributed by atoms with Gasteiger partial charge in [0, 0.05) is 40.5 Å². The van der Waals surface area contributed by atoms with Crippen molar-refractivity contribution >= 4 is 39.9 Å². The molecule has 1 aliphatic rings. The standard InChI is InChI=1S/C20H24IN3O/c21-18-14-16(22)7-8-19(18)23-17-10-12-24(13-11-17)20(25)9-6-15-4-2-1-3-5-15/h1-5,7-8,14,17,23H,6,9-13,22H2. The van der Waals surface area contributed by atoms with Gasteiger partial charge in [0.05, 0.1) is 0 Å². The average molecular weight is 449 g/mol. The highest BCUT2D eigenvalue weighted by atomic mass is 127. The Morgan fingerprint density at radius 3 is 2.56 bits per heavy atom. The monoisotopic (exact) mass is 449 g/mol. The fraction of sp³-hybridized carbons (Fsp3) is 0.350. The second-order valence-corrected chi connectivity index (χ2v) is 7.69. The van der Waals surface area contributed by atoms with Crippen LogP contribution < -0.4 is 11.1 Å². The van der Waals surface area contributed by atoms with E-state index in [1.54, 1.807) is 0 Å². The number of aryl methyl sites for hydroxylation is 1. The van der Waals surface area contributed by atoms with Gasteiger partial charge in [-0.3, -0.25) is 4.79 Å². The summed E-state index contributed by atoms with van der Waals surface area (Å²) in [5.74, 6) is 0.268. The number of benzene rings is 2. The lowest BCUT2D eigenvalue weighted by Crippen LogP contribution is -2.42. The first-order valence-electron chi connectivity index (χ1n) is 8.75.